The summed E-state index contributed by atoms with van der Waals surface area (Å²) >= 11 is 1.84. The number of nitrogens with one attached hydrogen (secondary N) is 1. The van der Waals surface area contributed by atoms with Gasteiger partial charge < -0.3 is 10.1 Å². The minimum Gasteiger partial charge on any atom is -0.497 e. The molecule has 1 aliphatic rings. The first-order valence-electron chi connectivity index (χ1n) is 8.61. The topological polar surface area (TPSA) is 52.0 Å². The molecule has 0 bridgehead atoms. The number of aromatic nitrogens is 3. The van der Waals surface area contributed by atoms with Gasteiger partial charge in [0.1, 0.15) is 11.6 Å². The third-order valence-electron chi connectivity index (χ3n) is 4.46. The Morgan fingerprint density at radius 3 is 2.83 bits per heavy atom. The fourth-order valence-corrected chi connectivity index (χ4v) is 3.51. The molecule has 1 aromatic heterocycles. The predicted octanol–water partition coefficient (Wildman–Crippen LogP) is 3.04. The van der Waals surface area contributed by atoms with Crippen molar-refractivity contribution in [3.05, 3.63) is 35.9 Å². The molecule has 2 heterocycles. The van der Waals surface area contributed by atoms with Crippen molar-refractivity contribution < 1.29 is 4.74 Å². The van der Waals surface area contributed by atoms with E-state index in [9.17, 15) is 0 Å². The lowest BCUT2D eigenvalue weighted by Gasteiger charge is -2.14. The van der Waals surface area contributed by atoms with Crippen molar-refractivity contribution in [1.82, 2.24) is 20.1 Å². The molecule has 0 radical (unpaired) electrons. The van der Waals surface area contributed by atoms with Gasteiger partial charge in [-0.1, -0.05) is 0 Å². The lowest BCUT2D eigenvalue weighted by atomic mass is 10.00. The van der Waals surface area contributed by atoms with Crippen LogP contribution in [0.3, 0.4) is 0 Å². The average Bonchev–Trinajstić information content (AvgIpc) is 2.86. The Hall–Kier alpha value is -1.53. The third-order valence-corrected chi connectivity index (χ3v) is 5.08. The summed E-state index contributed by atoms with van der Waals surface area (Å²) in [4.78, 5) is 4.91. The van der Waals surface area contributed by atoms with Crippen LogP contribution in [0.1, 0.15) is 36.8 Å². The second-order valence-corrected chi connectivity index (χ2v) is 7.10. The van der Waals surface area contributed by atoms with Crippen molar-refractivity contribution in [2.75, 3.05) is 32.2 Å². The molecular formula is C18H26N4OS. The van der Waals surface area contributed by atoms with Crippen LogP contribution in [0.2, 0.25) is 0 Å². The van der Waals surface area contributed by atoms with Crippen molar-refractivity contribution in [2.45, 2.75) is 31.6 Å². The first-order valence-corrected chi connectivity index (χ1v) is 10.0. The second kappa shape index (κ2) is 8.53. The van der Waals surface area contributed by atoms with Gasteiger partial charge >= 0.3 is 0 Å². The summed E-state index contributed by atoms with van der Waals surface area (Å²) in [5, 5.41) is 8.30. The highest BCUT2D eigenvalue weighted by molar-refractivity contribution is 7.98. The standard InChI is InChI=1S/C18H26N4OS/c1-23-16-7-5-15(6-8-16)22-18(14-4-3-11-19-12-9-14)20-17(21-22)10-13-24-2/h5-8,14,19H,3-4,9-13H2,1-2H3/t14-/m1/s1. The van der Waals surface area contributed by atoms with Gasteiger partial charge in [-0.2, -0.15) is 16.9 Å². The molecule has 1 saturated heterocycles. The summed E-state index contributed by atoms with van der Waals surface area (Å²) in [5.41, 5.74) is 1.06. The highest BCUT2D eigenvalue weighted by Crippen LogP contribution is 2.27. The summed E-state index contributed by atoms with van der Waals surface area (Å²) in [6.07, 6.45) is 6.53. The molecule has 0 saturated carbocycles. The number of aryl methyl sites for hydroxylation is 1. The molecule has 2 aromatic rings. The van der Waals surface area contributed by atoms with Gasteiger partial charge in [-0.15, -0.1) is 0 Å². The van der Waals surface area contributed by atoms with Crippen LogP contribution in [-0.4, -0.2) is 47.0 Å². The largest absolute Gasteiger partial charge is 0.497 e. The third kappa shape index (κ3) is 4.11. The van der Waals surface area contributed by atoms with Crippen LogP contribution in [0, 0.1) is 0 Å². The van der Waals surface area contributed by atoms with Crippen LogP contribution in [0.25, 0.3) is 5.69 Å². The van der Waals surface area contributed by atoms with Gasteiger partial charge in [0.2, 0.25) is 0 Å². The molecule has 1 aliphatic heterocycles. The maximum absolute atomic E-state index is 5.27. The van der Waals surface area contributed by atoms with Crippen LogP contribution in [0.4, 0.5) is 0 Å². The number of hydrogen-bond acceptors (Lipinski definition) is 5. The van der Waals surface area contributed by atoms with Gasteiger partial charge in [-0.25, -0.2) is 9.67 Å². The molecule has 0 aliphatic carbocycles. The number of thioether (sulfide) groups is 1. The van der Waals surface area contributed by atoms with Gasteiger partial charge in [0, 0.05) is 18.1 Å². The predicted molar refractivity (Wildman–Crippen MR) is 99.5 cm³/mol. The molecule has 1 atom stereocenters. The fourth-order valence-electron chi connectivity index (χ4n) is 3.12. The molecule has 0 amide bonds. The first kappa shape index (κ1) is 17.3. The quantitative estimate of drug-likeness (QED) is 0.871. The molecule has 130 valence electrons. The van der Waals surface area contributed by atoms with E-state index >= 15 is 0 Å². The van der Waals surface area contributed by atoms with E-state index in [1.54, 1.807) is 7.11 Å². The van der Waals surface area contributed by atoms with Crippen molar-refractivity contribution in [1.29, 1.82) is 0 Å². The lowest BCUT2D eigenvalue weighted by Crippen LogP contribution is -2.14. The molecule has 5 nitrogen and oxygen atoms in total. The van der Waals surface area contributed by atoms with E-state index in [2.05, 4.69) is 23.7 Å². The Morgan fingerprint density at radius 2 is 2.08 bits per heavy atom. The Kier molecular flexibility index (Phi) is 6.15. The van der Waals surface area contributed by atoms with Crippen LogP contribution in [0.5, 0.6) is 5.75 Å². The average molecular weight is 347 g/mol. The molecular weight excluding hydrogens is 320 g/mol. The van der Waals surface area contributed by atoms with Crippen LogP contribution in [-0.2, 0) is 6.42 Å². The van der Waals surface area contributed by atoms with Crippen molar-refractivity contribution in [2.24, 2.45) is 0 Å². The number of hydrogen-bond donors (Lipinski definition) is 1. The Morgan fingerprint density at radius 1 is 1.25 bits per heavy atom. The first-order chi connectivity index (χ1) is 11.8. The highest BCUT2D eigenvalue weighted by atomic mass is 32.2. The zero-order chi connectivity index (χ0) is 16.8. The minimum absolute atomic E-state index is 0.470. The summed E-state index contributed by atoms with van der Waals surface area (Å²) in [6.45, 7) is 2.16. The highest BCUT2D eigenvalue weighted by Gasteiger charge is 2.22. The number of methoxy groups -OCH3 is 1. The molecule has 1 aromatic carbocycles. The normalized spacial score (nSPS) is 18.3. The van der Waals surface area contributed by atoms with Gasteiger partial charge in [-0.3, -0.25) is 0 Å². The van der Waals surface area contributed by atoms with E-state index in [4.69, 9.17) is 14.8 Å². The van der Waals surface area contributed by atoms with E-state index in [-0.39, 0.29) is 0 Å². The zero-order valence-electron chi connectivity index (χ0n) is 14.5. The van der Waals surface area contributed by atoms with Crippen molar-refractivity contribution >= 4 is 11.8 Å². The van der Waals surface area contributed by atoms with Gasteiger partial charge in [0.15, 0.2) is 5.82 Å². The maximum atomic E-state index is 5.27. The van der Waals surface area contributed by atoms with E-state index < -0.39 is 0 Å². The van der Waals surface area contributed by atoms with E-state index in [1.165, 1.54) is 12.8 Å². The van der Waals surface area contributed by atoms with E-state index in [0.717, 1.165) is 54.8 Å². The second-order valence-electron chi connectivity index (χ2n) is 6.12. The molecule has 1 fully saturated rings. The van der Waals surface area contributed by atoms with E-state index in [1.807, 2.05) is 28.6 Å². The summed E-state index contributed by atoms with van der Waals surface area (Å²) in [5.74, 6) is 4.45. The molecule has 6 heteroatoms. The van der Waals surface area contributed by atoms with Crippen molar-refractivity contribution in [3.8, 4) is 11.4 Å². The lowest BCUT2D eigenvalue weighted by molar-refractivity contribution is 0.414. The molecule has 0 spiro atoms. The van der Waals surface area contributed by atoms with E-state index in [0.29, 0.717) is 5.92 Å². The number of rotatable bonds is 6. The Balaban J connectivity index is 1.93. The monoisotopic (exact) mass is 346 g/mol. The SMILES string of the molecule is COc1ccc(-n2nc(CCSC)nc2[C@@H]2CCCNCC2)cc1. The summed E-state index contributed by atoms with van der Waals surface area (Å²) < 4.78 is 7.32. The van der Waals surface area contributed by atoms with Gasteiger partial charge in [0.05, 0.1) is 12.8 Å². The molecule has 24 heavy (non-hydrogen) atoms. The minimum atomic E-state index is 0.470. The molecule has 1 N–H and O–H groups in total. The molecule has 3 rings (SSSR count). The van der Waals surface area contributed by atoms with Crippen molar-refractivity contribution in [3.63, 3.8) is 0 Å². The smallest absolute Gasteiger partial charge is 0.152 e. The van der Waals surface area contributed by atoms with Crippen LogP contribution in [0.15, 0.2) is 24.3 Å². The number of benzene rings is 1. The fraction of sp³-hybridized carbons (Fsp3) is 0.556. The zero-order valence-corrected chi connectivity index (χ0v) is 15.3. The maximum Gasteiger partial charge on any atom is 0.152 e. The molecule has 0 unspecified atom stereocenters. The number of nitrogens with zero attached hydrogens (tertiary/aromatic N) is 3. The number of ether oxygens (including phenoxy) is 1. The summed E-state index contributed by atoms with van der Waals surface area (Å²) in [6, 6.07) is 8.09. The Bertz CT molecular complexity index is 633. The van der Waals surface area contributed by atoms with Crippen LogP contribution < -0.4 is 10.1 Å². The summed E-state index contributed by atoms with van der Waals surface area (Å²) in [7, 11) is 1.69. The van der Waals surface area contributed by atoms with Gasteiger partial charge in [-0.05, 0) is 62.9 Å². The van der Waals surface area contributed by atoms with Gasteiger partial charge in [0.25, 0.3) is 0 Å². The van der Waals surface area contributed by atoms with Crippen LogP contribution >= 0.6 is 11.8 Å². The Labute approximate surface area is 148 Å².